The fraction of sp³-hybridized carbons (Fsp3) is 0.227. The number of amides is 1. The SMILES string of the molecule is Cc1nc2ncnn2c(C)c1CCC(=O)NC(c1ccccc1)c1ccncc1. The van der Waals surface area contributed by atoms with Crippen LogP contribution >= 0.6 is 0 Å². The number of nitrogens with one attached hydrogen (secondary N) is 1. The number of fused-ring (bicyclic) bond motifs is 1. The van der Waals surface area contributed by atoms with Crippen molar-refractivity contribution in [2.45, 2.75) is 32.7 Å². The number of hydrogen-bond acceptors (Lipinski definition) is 5. The van der Waals surface area contributed by atoms with Crippen molar-refractivity contribution in [2.75, 3.05) is 0 Å². The minimum atomic E-state index is -0.218. The average Bonchev–Trinajstić information content (AvgIpc) is 3.22. The third kappa shape index (κ3) is 3.99. The second-order valence-electron chi connectivity index (χ2n) is 6.92. The van der Waals surface area contributed by atoms with Gasteiger partial charge in [0, 0.05) is 30.2 Å². The van der Waals surface area contributed by atoms with Crippen LogP contribution in [0.2, 0.25) is 0 Å². The first-order chi connectivity index (χ1) is 14.1. The molecule has 4 rings (SSSR count). The zero-order chi connectivity index (χ0) is 20.2. The molecule has 0 spiro atoms. The molecule has 0 radical (unpaired) electrons. The number of hydrogen-bond donors (Lipinski definition) is 1. The molecule has 0 saturated heterocycles. The van der Waals surface area contributed by atoms with Crippen molar-refractivity contribution in [3.05, 3.63) is 89.3 Å². The third-order valence-corrected chi connectivity index (χ3v) is 5.07. The molecule has 0 aliphatic rings. The maximum absolute atomic E-state index is 12.8. The van der Waals surface area contributed by atoms with Crippen LogP contribution < -0.4 is 5.32 Å². The molecule has 0 saturated carbocycles. The molecule has 0 aliphatic heterocycles. The number of pyridine rings is 1. The molecule has 1 aromatic carbocycles. The van der Waals surface area contributed by atoms with Crippen LogP contribution in [0.15, 0.2) is 61.2 Å². The predicted molar refractivity (Wildman–Crippen MR) is 109 cm³/mol. The van der Waals surface area contributed by atoms with E-state index in [4.69, 9.17) is 0 Å². The summed E-state index contributed by atoms with van der Waals surface area (Å²) in [6, 6.07) is 13.6. The van der Waals surface area contributed by atoms with E-state index in [9.17, 15) is 4.79 Å². The van der Waals surface area contributed by atoms with Crippen LogP contribution in [0.4, 0.5) is 0 Å². The molecule has 1 unspecified atom stereocenters. The highest BCUT2D eigenvalue weighted by molar-refractivity contribution is 5.77. The number of nitrogens with zero attached hydrogens (tertiary/aromatic N) is 5. The molecule has 4 aromatic rings. The second-order valence-corrected chi connectivity index (χ2v) is 6.92. The van der Waals surface area contributed by atoms with Crippen LogP contribution in [0.5, 0.6) is 0 Å². The van der Waals surface area contributed by atoms with E-state index in [1.165, 1.54) is 6.33 Å². The van der Waals surface area contributed by atoms with Crippen LogP contribution in [0, 0.1) is 13.8 Å². The molecular formula is C22H22N6O. The standard InChI is InChI=1S/C22H22N6O/c1-15-19(16(2)28-22(26-15)24-14-25-28)8-9-20(29)27-21(17-6-4-3-5-7-17)18-10-12-23-13-11-18/h3-7,10-14,21H,8-9H2,1-2H3,(H,27,29). The Balaban J connectivity index is 1.52. The Hall–Kier alpha value is -3.61. The van der Waals surface area contributed by atoms with Crippen LogP contribution in [-0.2, 0) is 11.2 Å². The van der Waals surface area contributed by atoms with E-state index in [1.54, 1.807) is 16.9 Å². The van der Waals surface area contributed by atoms with E-state index in [2.05, 4.69) is 25.4 Å². The Morgan fingerprint density at radius 3 is 2.55 bits per heavy atom. The highest BCUT2D eigenvalue weighted by atomic mass is 16.1. The van der Waals surface area contributed by atoms with Gasteiger partial charge in [-0.3, -0.25) is 9.78 Å². The van der Waals surface area contributed by atoms with Gasteiger partial charge in [-0.2, -0.15) is 10.1 Å². The minimum absolute atomic E-state index is 0.0202. The van der Waals surface area contributed by atoms with Gasteiger partial charge in [-0.05, 0) is 49.1 Å². The van der Waals surface area contributed by atoms with Crippen molar-refractivity contribution < 1.29 is 4.79 Å². The highest BCUT2D eigenvalue weighted by Gasteiger charge is 2.18. The largest absolute Gasteiger partial charge is 0.345 e. The molecule has 1 atom stereocenters. The number of aryl methyl sites for hydroxylation is 2. The fourth-order valence-electron chi connectivity index (χ4n) is 3.55. The molecule has 0 aliphatic carbocycles. The van der Waals surface area contributed by atoms with Gasteiger partial charge in [0.05, 0.1) is 6.04 Å². The van der Waals surface area contributed by atoms with E-state index >= 15 is 0 Å². The van der Waals surface area contributed by atoms with Crippen LogP contribution in [0.25, 0.3) is 5.78 Å². The molecule has 3 aromatic heterocycles. The topological polar surface area (TPSA) is 85.1 Å². The lowest BCUT2D eigenvalue weighted by Crippen LogP contribution is -2.29. The molecule has 0 bridgehead atoms. The van der Waals surface area contributed by atoms with Gasteiger partial charge in [-0.15, -0.1) is 0 Å². The first kappa shape index (κ1) is 18.7. The zero-order valence-corrected chi connectivity index (χ0v) is 16.4. The zero-order valence-electron chi connectivity index (χ0n) is 16.4. The van der Waals surface area contributed by atoms with Gasteiger partial charge in [-0.25, -0.2) is 9.50 Å². The molecule has 0 fully saturated rings. The molecule has 1 amide bonds. The van der Waals surface area contributed by atoms with E-state index in [1.807, 2.05) is 56.3 Å². The molecule has 1 N–H and O–H groups in total. The van der Waals surface area contributed by atoms with Crippen LogP contribution in [0.3, 0.4) is 0 Å². The van der Waals surface area contributed by atoms with E-state index in [0.717, 1.165) is 28.1 Å². The van der Waals surface area contributed by atoms with Crippen molar-refractivity contribution in [2.24, 2.45) is 0 Å². The number of benzene rings is 1. The van der Waals surface area contributed by atoms with Gasteiger partial charge in [0.15, 0.2) is 0 Å². The Morgan fingerprint density at radius 1 is 1.07 bits per heavy atom. The summed E-state index contributed by atoms with van der Waals surface area (Å²) in [4.78, 5) is 25.5. The monoisotopic (exact) mass is 386 g/mol. The second kappa shape index (κ2) is 8.18. The third-order valence-electron chi connectivity index (χ3n) is 5.07. The van der Waals surface area contributed by atoms with E-state index < -0.39 is 0 Å². The molecule has 7 nitrogen and oxygen atoms in total. The summed E-state index contributed by atoms with van der Waals surface area (Å²) in [5.41, 5.74) is 4.90. The molecule has 3 heterocycles. The lowest BCUT2D eigenvalue weighted by atomic mass is 9.99. The Bertz CT molecular complexity index is 1080. The molecule has 7 heteroatoms. The Labute approximate surface area is 168 Å². The number of carbonyl (C=O) groups excluding carboxylic acids is 1. The number of rotatable bonds is 6. The van der Waals surface area contributed by atoms with Crippen molar-refractivity contribution in [1.29, 1.82) is 0 Å². The lowest BCUT2D eigenvalue weighted by Gasteiger charge is -2.20. The van der Waals surface area contributed by atoms with Crippen molar-refractivity contribution >= 4 is 11.7 Å². The Kier molecular flexibility index (Phi) is 5.29. The predicted octanol–water partition coefficient (Wildman–Crippen LogP) is 2.97. The molecule has 146 valence electrons. The van der Waals surface area contributed by atoms with Gasteiger partial charge in [0.25, 0.3) is 5.78 Å². The smallest absolute Gasteiger partial charge is 0.252 e. The van der Waals surface area contributed by atoms with Crippen molar-refractivity contribution in [1.82, 2.24) is 29.9 Å². The van der Waals surface area contributed by atoms with Gasteiger partial charge in [0.1, 0.15) is 6.33 Å². The van der Waals surface area contributed by atoms with Crippen LogP contribution in [-0.4, -0.2) is 30.5 Å². The summed E-state index contributed by atoms with van der Waals surface area (Å²) in [6.07, 6.45) is 5.92. The normalized spacial score (nSPS) is 12.1. The lowest BCUT2D eigenvalue weighted by molar-refractivity contribution is -0.121. The number of carbonyl (C=O) groups is 1. The van der Waals surface area contributed by atoms with Crippen molar-refractivity contribution in [3.63, 3.8) is 0 Å². The Morgan fingerprint density at radius 2 is 1.79 bits per heavy atom. The van der Waals surface area contributed by atoms with Gasteiger partial charge in [0.2, 0.25) is 5.91 Å². The number of aromatic nitrogens is 5. The average molecular weight is 386 g/mol. The first-order valence-electron chi connectivity index (χ1n) is 9.53. The first-order valence-corrected chi connectivity index (χ1v) is 9.53. The fourth-order valence-corrected chi connectivity index (χ4v) is 3.55. The van der Waals surface area contributed by atoms with Crippen molar-refractivity contribution in [3.8, 4) is 0 Å². The summed E-state index contributed by atoms with van der Waals surface area (Å²) in [6.45, 7) is 3.92. The van der Waals surface area contributed by atoms with E-state index in [0.29, 0.717) is 18.6 Å². The summed E-state index contributed by atoms with van der Waals surface area (Å²) < 4.78 is 1.71. The summed E-state index contributed by atoms with van der Waals surface area (Å²) >= 11 is 0. The summed E-state index contributed by atoms with van der Waals surface area (Å²) in [5.74, 6) is 0.559. The maximum Gasteiger partial charge on any atom is 0.252 e. The van der Waals surface area contributed by atoms with Crippen LogP contribution in [0.1, 0.15) is 40.5 Å². The summed E-state index contributed by atoms with van der Waals surface area (Å²) in [5, 5.41) is 7.38. The summed E-state index contributed by atoms with van der Waals surface area (Å²) in [7, 11) is 0. The van der Waals surface area contributed by atoms with Gasteiger partial charge >= 0.3 is 0 Å². The van der Waals surface area contributed by atoms with Gasteiger partial charge in [-0.1, -0.05) is 30.3 Å². The minimum Gasteiger partial charge on any atom is -0.345 e. The van der Waals surface area contributed by atoms with E-state index in [-0.39, 0.29) is 11.9 Å². The highest BCUT2D eigenvalue weighted by Crippen LogP contribution is 2.22. The molecular weight excluding hydrogens is 364 g/mol. The molecule has 29 heavy (non-hydrogen) atoms. The van der Waals surface area contributed by atoms with Gasteiger partial charge < -0.3 is 5.32 Å². The quantitative estimate of drug-likeness (QED) is 0.551. The maximum atomic E-state index is 12.8.